The molecule has 3 rings (SSSR count). The third kappa shape index (κ3) is 2.23. The zero-order valence-corrected chi connectivity index (χ0v) is 13.0. The predicted molar refractivity (Wildman–Crippen MR) is 83.0 cm³/mol. The Morgan fingerprint density at radius 2 is 2.05 bits per heavy atom. The Balaban J connectivity index is 2.32. The summed E-state index contributed by atoms with van der Waals surface area (Å²) in [4.78, 5) is 4.45. The fourth-order valence-corrected chi connectivity index (χ4v) is 2.67. The Morgan fingerprint density at radius 3 is 2.75 bits per heavy atom. The maximum Gasteiger partial charge on any atom is 0.129 e. The van der Waals surface area contributed by atoms with Crippen molar-refractivity contribution in [3.63, 3.8) is 0 Å². The lowest BCUT2D eigenvalue weighted by Crippen LogP contribution is -2.00. The van der Waals surface area contributed by atoms with E-state index in [1.165, 1.54) is 12.1 Å². The summed E-state index contributed by atoms with van der Waals surface area (Å²) in [5.41, 5.74) is 3.49. The molecule has 102 valence electrons. The lowest BCUT2D eigenvalue weighted by atomic mass is 10.2. The summed E-state index contributed by atoms with van der Waals surface area (Å²) >= 11 is 9.46. The van der Waals surface area contributed by atoms with Gasteiger partial charge in [-0.1, -0.05) is 15.9 Å². The minimum Gasteiger partial charge on any atom is -0.295 e. The number of nitrogens with zero attached hydrogens (tertiary/aromatic N) is 2. The lowest BCUT2D eigenvalue weighted by Gasteiger charge is -2.09. The molecule has 1 aromatic heterocycles. The second kappa shape index (κ2) is 5.19. The van der Waals surface area contributed by atoms with Crippen LogP contribution in [0.2, 0.25) is 0 Å². The molecule has 0 aliphatic rings. The molecule has 1 heterocycles. The van der Waals surface area contributed by atoms with E-state index in [1.807, 2.05) is 29.7 Å². The molecule has 0 amide bonds. The highest BCUT2D eigenvalue weighted by atomic mass is 79.9. The molecule has 2 nitrogen and oxygen atoms in total. The topological polar surface area (TPSA) is 17.8 Å². The number of aryl methyl sites for hydroxylation is 1. The zero-order valence-electron chi connectivity index (χ0n) is 10.7. The summed E-state index contributed by atoms with van der Waals surface area (Å²) in [6.07, 6.45) is 0. The first-order valence-corrected chi connectivity index (χ1v) is 7.42. The highest BCUT2D eigenvalue weighted by Gasteiger charge is 2.13. The summed E-state index contributed by atoms with van der Waals surface area (Å²) in [7, 11) is 0. The molecular weight excluding hydrogens is 343 g/mol. The van der Waals surface area contributed by atoms with Gasteiger partial charge in [-0.2, -0.15) is 0 Å². The first-order valence-electron chi connectivity index (χ1n) is 6.09. The third-order valence-corrected chi connectivity index (χ3v) is 4.33. The lowest BCUT2D eigenvalue weighted by molar-refractivity contribution is 0.629. The molecule has 0 aliphatic heterocycles. The van der Waals surface area contributed by atoms with E-state index in [0.29, 0.717) is 5.82 Å². The molecule has 3 aromatic rings. The van der Waals surface area contributed by atoms with Crippen LogP contribution in [0.25, 0.3) is 16.7 Å². The first kappa shape index (κ1) is 13.6. The van der Waals surface area contributed by atoms with Gasteiger partial charge in [0, 0.05) is 16.2 Å². The molecule has 0 N–H and O–H groups in total. The molecule has 0 spiro atoms. The van der Waals surface area contributed by atoms with Crippen LogP contribution in [0.5, 0.6) is 0 Å². The zero-order chi connectivity index (χ0) is 14.3. The summed E-state index contributed by atoms with van der Waals surface area (Å²) in [5.74, 6) is 0.688. The molecule has 2 aromatic carbocycles. The van der Waals surface area contributed by atoms with Gasteiger partial charge in [0.1, 0.15) is 11.6 Å². The van der Waals surface area contributed by atoms with E-state index in [2.05, 4.69) is 20.9 Å². The smallest absolute Gasteiger partial charge is 0.129 e. The summed E-state index contributed by atoms with van der Waals surface area (Å²) in [5, 5.41) is 0. The normalized spacial score (nSPS) is 11.2. The number of imidazole rings is 1. The van der Waals surface area contributed by atoms with Crippen LogP contribution < -0.4 is 0 Å². The van der Waals surface area contributed by atoms with Crippen molar-refractivity contribution in [2.24, 2.45) is 0 Å². The number of benzene rings is 2. The molecular formula is C15H11BrClFN2. The average Bonchev–Trinajstić information content (AvgIpc) is 2.79. The fraction of sp³-hybridized carbons (Fsp3) is 0.133. The van der Waals surface area contributed by atoms with Crippen LogP contribution in [0.4, 0.5) is 4.39 Å². The highest BCUT2D eigenvalue weighted by molar-refractivity contribution is 9.10. The number of fused-ring (bicyclic) bond motifs is 1. The first-order chi connectivity index (χ1) is 9.60. The van der Waals surface area contributed by atoms with Crippen molar-refractivity contribution >= 4 is 38.6 Å². The van der Waals surface area contributed by atoms with Crippen molar-refractivity contribution in [1.29, 1.82) is 0 Å². The van der Waals surface area contributed by atoms with E-state index in [4.69, 9.17) is 11.6 Å². The molecule has 0 fully saturated rings. The monoisotopic (exact) mass is 352 g/mol. The summed E-state index contributed by atoms with van der Waals surface area (Å²) in [6, 6.07) is 10.5. The van der Waals surface area contributed by atoms with Crippen LogP contribution in [0, 0.1) is 12.7 Å². The number of alkyl halides is 1. The molecule has 5 heteroatoms. The molecule has 20 heavy (non-hydrogen) atoms. The van der Waals surface area contributed by atoms with Crippen molar-refractivity contribution < 1.29 is 4.39 Å². The third-order valence-electron chi connectivity index (χ3n) is 3.21. The van der Waals surface area contributed by atoms with E-state index in [1.54, 1.807) is 6.07 Å². The fourth-order valence-electron chi connectivity index (χ4n) is 2.24. The van der Waals surface area contributed by atoms with E-state index < -0.39 is 0 Å². The maximum atomic E-state index is 13.5. The van der Waals surface area contributed by atoms with Crippen molar-refractivity contribution in [2.45, 2.75) is 12.8 Å². The van der Waals surface area contributed by atoms with Gasteiger partial charge in [-0.05, 0) is 42.8 Å². The minimum atomic E-state index is -0.284. The number of aromatic nitrogens is 2. The molecule has 0 saturated heterocycles. The highest BCUT2D eigenvalue weighted by Crippen LogP contribution is 2.26. The van der Waals surface area contributed by atoms with Crippen LogP contribution in [0.15, 0.2) is 40.9 Å². The van der Waals surface area contributed by atoms with Gasteiger partial charge >= 0.3 is 0 Å². The van der Waals surface area contributed by atoms with E-state index >= 15 is 0 Å². The van der Waals surface area contributed by atoms with Crippen LogP contribution in [0.3, 0.4) is 0 Å². The van der Waals surface area contributed by atoms with Crippen molar-refractivity contribution in [1.82, 2.24) is 9.55 Å². The average molecular weight is 354 g/mol. The van der Waals surface area contributed by atoms with Crippen molar-refractivity contribution in [3.05, 3.63) is 58.1 Å². The molecule has 0 radical (unpaired) electrons. The molecule has 0 bridgehead atoms. The predicted octanol–water partition coefficient (Wildman–Crippen LogP) is 4.97. The van der Waals surface area contributed by atoms with Gasteiger partial charge in [0.2, 0.25) is 0 Å². The maximum absolute atomic E-state index is 13.5. The number of hydrogen-bond donors (Lipinski definition) is 0. The Hall–Kier alpha value is -1.39. The Labute approximate surface area is 129 Å². The molecule has 0 saturated carbocycles. The number of hydrogen-bond acceptors (Lipinski definition) is 1. The van der Waals surface area contributed by atoms with Crippen molar-refractivity contribution in [3.8, 4) is 5.69 Å². The van der Waals surface area contributed by atoms with Gasteiger partial charge in [-0.3, -0.25) is 4.57 Å². The Bertz CT molecular complexity index is 798. The number of halogens is 3. The minimum absolute atomic E-state index is 0.269. The second-order valence-corrected chi connectivity index (χ2v) is 5.69. The van der Waals surface area contributed by atoms with Crippen LogP contribution in [-0.2, 0) is 5.88 Å². The molecule has 0 atom stereocenters. The Morgan fingerprint density at radius 1 is 1.25 bits per heavy atom. The second-order valence-electron chi connectivity index (χ2n) is 4.56. The summed E-state index contributed by atoms with van der Waals surface area (Å²) in [6.45, 7) is 2.01. The Kier molecular flexibility index (Phi) is 3.52. The van der Waals surface area contributed by atoms with E-state index in [-0.39, 0.29) is 11.7 Å². The van der Waals surface area contributed by atoms with Gasteiger partial charge in [-0.15, -0.1) is 11.6 Å². The summed E-state index contributed by atoms with van der Waals surface area (Å²) < 4.78 is 16.4. The molecule has 0 unspecified atom stereocenters. The van der Waals surface area contributed by atoms with Gasteiger partial charge in [0.15, 0.2) is 0 Å². The van der Waals surface area contributed by atoms with Crippen molar-refractivity contribution in [2.75, 3.05) is 0 Å². The largest absolute Gasteiger partial charge is 0.295 e. The van der Waals surface area contributed by atoms with Crippen LogP contribution in [-0.4, -0.2) is 9.55 Å². The number of rotatable bonds is 2. The SMILES string of the molecule is Cc1cc(-n2c(CCl)nc3ccc(F)cc32)ccc1Br. The van der Waals surface area contributed by atoms with Crippen LogP contribution >= 0.6 is 27.5 Å². The standard InChI is InChI=1S/C15H11BrClFN2/c1-9-6-11(3-4-12(9)16)20-14-7-10(18)2-5-13(14)19-15(20)8-17/h2-7H,8H2,1H3. The van der Waals surface area contributed by atoms with Gasteiger partial charge in [0.05, 0.1) is 16.9 Å². The van der Waals surface area contributed by atoms with Crippen LogP contribution in [0.1, 0.15) is 11.4 Å². The van der Waals surface area contributed by atoms with Gasteiger partial charge in [0.25, 0.3) is 0 Å². The van der Waals surface area contributed by atoms with Gasteiger partial charge < -0.3 is 0 Å². The van der Waals surface area contributed by atoms with E-state index in [0.717, 1.165) is 26.8 Å². The quantitative estimate of drug-likeness (QED) is 0.594. The molecule has 0 aliphatic carbocycles. The van der Waals surface area contributed by atoms with E-state index in [9.17, 15) is 4.39 Å². The van der Waals surface area contributed by atoms with Gasteiger partial charge in [-0.25, -0.2) is 9.37 Å².